The highest BCUT2D eigenvalue weighted by Crippen LogP contribution is 2.48. The Morgan fingerprint density at radius 3 is 2.38 bits per heavy atom. The summed E-state index contributed by atoms with van der Waals surface area (Å²) in [6.07, 6.45) is 4.46. The van der Waals surface area contributed by atoms with Gasteiger partial charge in [-0.25, -0.2) is 4.39 Å². The second-order valence-corrected chi connectivity index (χ2v) is 9.74. The van der Waals surface area contributed by atoms with Crippen molar-refractivity contribution in [1.82, 2.24) is 9.80 Å². The minimum atomic E-state index is -1.49. The maximum absolute atomic E-state index is 13.5. The zero-order chi connectivity index (χ0) is 23.0. The van der Waals surface area contributed by atoms with Crippen LogP contribution in [0.3, 0.4) is 0 Å². The van der Waals surface area contributed by atoms with E-state index in [4.69, 9.17) is 4.74 Å². The van der Waals surface area contributed by atoms with E-state index in [1.165, 1.54) is 19.2 Å². The molecule has 32 heavy (non-hydrogen) atoms. The SMILES string of the molecule is COC(=O)[C@]1(CC(=O)N2[C@H](C)CCC[C@@H]2C)C(=O)C[C@H]2CC[C@H]1N2Cc1ccc(F)cc1. The lowest BCUT2D eigenvalue weighted by atomic mass is 9.69. The van der Waals surface area contributed by atoms with Gasteiger partial charge in [0.15, 0.2) is 11.2 Å². The molecule has 1 aromatic rings. The summed E-state index contributed by atoms with van der Waals surface area (Å²) >= 11 is 0. The fourth-order valence-electron chi connectivity index (χ4n) is 6.27. The molecule has 5 atom stereocenters. The Labute approximate surface area is 189 Å². The number of benzene rings is 1. The second-order valence-electron chi connectivity index (χ2n) is 9.74. The average molecular weight is 445 g/mol. The monoisotopic (exact) mass is 444 g/mol. The van der Waals surface area contributed by atoms with Crippen molar-refractivity contribution in [3.05, 3.63) is 35.6 Å². The van der Waals surface area contributed by atoms with E-state index in [1.54, 1.807) is 12.1 Å². The second kappa shape index (κ2) is 8.93. The van der Waals surface area contributed by atoms with Crippen LogP contribution in [0.15, 0.2) is 24.3 Å². The van der Waals surface area contributed by atoms with E-state index in [9.17, 15) is 18.8 Å². The molecular formula is C25H33FN2O4. The highest BCUT2D eigenvalue weighted by Gasteiger charge is 2.62. The number of amides is 1. The summed E-state index contributed by atoms with van der Waals surface area (Å²) in [7, 11) is 1.29. The number of ether oxygens (including phenoxy) is 1. The van der Waals surface area contributed by atoms with Gasteiger partial charge in [0.25, 0.3) is 0 Å². The van der Waals surface area contributed by atoms with Gasteiger partial charge in [-0.3, -0.25) is 19.3 Å². The number of likely N-dealkylation sites (tertiary alicyclic amines) is 1. The summed E-state index contributed by atoms with van der Waals surface area (Å²) in [4.78, 5) is 44.3. The number of carbonyl (C=O) groups is 3. The van der Waals surface area contributed by atoms with Crippen molar-refractivity contribution < 1.29 is 23.5 Å². The van der Waals surface area contributed by atoms with Crippen LogP contribution in [0, 0.1) is 11.2 Å². The van der Waals surface area contributed by atoms with Crippen LogP contribution in [-0.4, -0.2) is 58.7 Å². The van der Waals surface area contributed by atoms with Gasteiger partial charge in [-0.15, -0.1) is 0 Å². The van der Waals surface area contributed by atoms with E-state index in [0.717, 1.165) is 31.2 Å². The number of hydrogen-bond acceptors (Lipinski definition) is 5. The normalized spacial score (nSPS) is 32.8. The zero-order valence-electron chi connectivity index (χ0n) is 19.2. The van der Waals surface area contributed by atoms with Crippen LogP contribution >= 0.6 is 0 Å². The fourth-order valence-corrected chi connectivity index (χ4v) is 6.27. The van der Waals surface area contributed by atoms with Crippen LogP contribution in [0.5, 0.6) is 0 Å². The molecule has 1 aromatic carbocycles. The molecule has 2 bridgehead atoms. The number of methoxy groups -OCH3 is 1. The molecule has 4 rings (SSSR count). The Hall–Kier alpha value is -2.28. The molecule has 7 heteroatoms. The third-order valence-electron chi connectivity index (χ3n) is 7.87. The third kappa shape index (κ3) is 3.85. The maximum atomic E-state index is 13.5. The molecule has 0 N–H and O–H groups in total. The van der Waals surface area contributed by atoms with Crippen LogP contribution in [-0.2, 0) is 25.7 Å². The fraction of sp³-hybridized carbons (Fsp3) is 0.640. The van der Waals surface area contributed by atoms with Crippen molar-refractivity contribution in [1.29, 1.82) is 0 Å². The summed E-state index contributed by atoms with van der Waals surface area (Å²) in [5, 5.41) is 0. The topological polar surface area (TPSA) is 66.9 Å². The number of nitrogens with zero attached hydrogens (tertiary/aromatic N) is 2. The largest absolute Gasteiger partial charge is 0.468 e. The number of hydrogen-bond donors (Lipinski definition) is 0. The van der Waals surface area contributed by atoms with E-state index in [-0.39, 0.29) is 48.5 Å². The maximum Gasteiger partial charge on any atom is 0.321 e. The standard InChI is InChI=1S/C25H33FN2O4/c1-16-5-4-6-17(2)28(16)23(30)14-25(24(31)32-3)21-12-11-20(13-22(25)29)27(21)15-18-7-9-19(26)10-8-18/h7-10,16-17,20-21H,4-6,11-15H2,1-3H3/t16-,17+,20-,21-,25+/m1/s1. The number of rotatable bonds is 5. The lowest BCUT2D eigenvalue weighted by Crippen LogP contribution is -2.62. The Balaban J connectivity index is 1.66. The lowest BCUT2D eigenvalue weighted by Gasteiger charge is -2.47. The molecule has 0 aromatic heterocycles. The number of halogens is 1. The highest BCUT2D eigenvalue weighted by molar-refractivity contribution is 6.08. The van der Waals surface area contributed by atoms with Gasteiger partial charge in [0, 0.05) is 37.1 Å². The van der Waals surface area contributed by atoms with Crippen molar-refractivity contribution in [2.24, 2.45) is 5.41 Å². The number of Topliss-reactive ketones (excluding diaryl/α,β-unsaturated/α-hetero) is 1. The number of esters is 1. The summed E-state index contributed by atoms with van der Waals surface area (Å²) in [6.45, 7) is 4.58. The quantitative estimate of drug-likeness (QED) is 0.514. The molecular weight excluding hydrogens is 411 g/mol. The van der Waals surface area contributed by atoms with Crippen molar-refractivity contribution in [2.75, 3.05) is 7.11 Å². The molecule has 0 saturated carbocycles. The first-order valence-electron chi connectivity index (χ1n) is 11.7. The molecule has 174 valence electrons. The van der Waals surface area contributed by atoms with Gasteiger partial charge in [-0.2, -0.15) is 0 Å². The highest BCUT2D eigenvalue weighted by atomic mass is 19.1. The van der Waals surface area contributed by atoms with Crippen LogP contribution in [0.1, 0.15) is 64.4 Å². The third-order valence-corrected chi connectivity index (χ3v) is 7.87. The Bertz CT molecular complexity index is 878. The van der Waals surface area contributed by atoms with E-state index >= 15 is 0 Å². The van der Waals surface area contributed by atoms with Crippen LogP contribution < -0.4 is 0 Å². The molecule has 1 amide bonds. The van der Waals surface area contributed by atoms with Crippen molar-refractivity contribution >= 4 is 17.7 Å². The van der Waals surface area contributed by atoms with Gasteiger partial charge in [-0.1, -0.05) is 12.1 Å². The molecule has 0 radical (unpaired) electrons. The molecule has 0 spiro atoms. The van der Waals surface area contributed by atoms with Gasteiger partial charge >= 0.3 is 5.97 Å². The minimum absolute atomic E-state index is 0.0262. The molecule has 3 aliphatic heterocycles. The molecule has 3 saturated heterocycles. The summed E-state index contributed by atoms with van der Waals surface area (Å²) in [5.74, 6) is -1.24. The summed E-state index contributed by atoms with van der Waals surface area (Å²) in [6, 6.07) is 6.10. The molecule has 6 nitrogen and oxygen atoms in total. The molecule has 3 fully saturated rings. The molecule has 3 aliphatic rings. The first-order chi connectivity index (χ1) is 15.3. The van der Waals surface area contributed by atoms with Crippen LogP contribution in [0.4, 0.5) is 4.39 Å². The summed E-state index contributed by atoms with van der Waals surface area (Å²) in [5.41, 5.74) is -0.573. The van der Waals surface area contributed by atoms with E-state index in [1.807, 2.05) is 18.7 Å². The van der Waals surface area contributed by atoms with Gasteiger partial charge < -0.3 is 9.64 Å². The van der Waals surface area contributed by atoms with Gasteiger partial charge in [0.1, 0.15) is 5.82 Å². The number of carbonyl (C=O) groups excluding carboxylic acids is 3. The van der Waals surface area contributed by atoms with E-state index < -0.39 is 17.4 Å². The molecule has 0 unspecified atom stereocenters. The predicted octanol–water partition coefficient (Wildman–Crippen LogP) is 3.47. The lowest BCUT2D eigenvalue weighted by molar-refractivity contribution is -0.172. The molecule has 0 aliphatic carbocycles. The smallest absolute Gasteiger partial charge is 0.321 e. The van der Waals surface area contributed by atoms with Crippen molar-refractivity contribution in [3.8, 4) is 0 Å². The van der Waals surface area contributed by atoms with Gasteiger partial charge in [-0.05, 0) is 63.6 Å². The van der Waals surface area contributed by atoms with Crippen molar-refractivity contribution in [3.63, 3.8) is 0 Å². The first-order valence-corrected chi connectivity index (χ1v) is 11.7. The summed E-state index contributed by atoms with van der Waals surface area (Å²) < 4.78 is 18.5. The predicted molar refractivity (Wildman–Crippen MR) is 117 cm³/mol. The van der Waals surface area contributed by atoms with Gasteiger partial charge in [0.05, 0.1) is 13.5 Å². The Morgan fingerprint density at radius 2 is 1.75 bits per heavy atom. The first kappa shape index (κ1) is 22.9. The van der Waals surface area contributed by atoms with Crippen molar-refractivity contribution in [2.45, 2.75) is 89.5 Å². The number of ketones is 1. The molecule has 3 heterocycles. The number of piperidine rings is 2. The zero-order valence-corrected chi connectivity index (χ0v) is 19.2. The van der Waals surface area contributed by atoms with Gasteiger partial charge in [0.2, 0.25) is 5.91 Å². The average Bonchev–Trinajstić information content (AvgIpc) is 3.07. The Kier molecular flexibility index (Phi) is 6.39. The van der Waals surface area contributed by atoms with Crippen LogP contribution in [0.25, 0.3) is 0 Å². The van der Waals surface area contributed by atoms with E-state index in [2.05, 4.69) is 4.90 Å². The Morgan fingerprint density at radius 1 is 1.09 bits per heavy atom. The van der Waals surface area contributed by atoms with E-state index in [0.29, 0.717) is 13.0 Å². The number of fused-ring (bicyclic) bond motifs is 2. The minimum Gasteiger partial charge on any atom is -0.468 e. The van der Waals surface area contributed by atoms with Crippen LogP contribution in [0.2, 0.25) is 0 Å².